The summed E-state index contributed by atoms with van der Waals surface area (Å²) in [7, 11) is 2.06. The van der Waals surface area contributed by atoms with E-state index in [-0.39, 0.29) is 0 Å². The molecule has 2 unspecified atom stereocenters. The summed E-state index contributed by atoms with van der Waals surface area (Å²) < 4.78 is 0. The lowest BCUT2D eigenvalue weighted by atomic mass is 9.98. The van der Waals surface area contributed by atoms with Gasteiger partial charge in [-0.05, 0) is 44.5 Å². The van der Waals surface area contributed by atoms with Crippen LogP contribution in [-0.4, -0.2) is 30.6 Å². The Morgan fingerprint density at radius 1 is 1.47 bits per heavy atom. The Morgan fingerprint density at radius 2 is 2.29 bits per heavy atom. The quantitative estimate of drug-likeness (QED) is 0.890. The molecule has 0 radical (unpaired) electrons. The smallest absolute Gasteiger partial charge is 0.0409 e. The lowest BCUT2D eigenvalue weighted by molar-refractivity contribution is 0.131. The molecule has 1 aliphatic heterocycles. The van der Waals surface area contributed by atoms with E-state index in [0.717, 1.165) is 11.6 Å². The minimum Gasteiger partial charge on any atom is -0.317 e. The fourth-order valence-electron chi connectivity index (χ4n) is 2.59. The predicted molar refractivity (Wildman–Crippen MR) is 73.4 cm³/mol. The minimum atomic E-state index is 0.639. The fourth-order valence-corrected chi connectivity index (χ4v) is 2.80. The van der Waals surface area contributed by atoms with E-state index in [1.807, 2.05) is 12.1 Å². The van der Waals surface area contributed by atoms with Crippen LogP contribution in [0.2, 0.25) is 5.02 Å². The molecule has 1 aliphatic rings. The fraction of sp³-hybridized carbons (Fsp3) is 0.571. The van der Waals surface area contributed by atoms with Crippen LogP contribution in [0.15, 0.2) is 24.3 Å². The number of halogens is 1. The van der Waals surface area contributed by atoms with Crippen molar-refractivity contribution >= 4 is 11.6 Å². The van der Waals surface area contributed by atoms with Crippen molar-refractivity contribution in [2.24, 2.45) is 0 Å². The van der Waals surface area contributed by atoms with Crippen molar-refractivity contribution in [3.63, 3.8) is 0 Å². The van der Waals surface area contributed by atoms with Gasteiger partial charge in [0.15, 0.2) is 0 Å². The Balaban J connectivity index is 1.95. The lowest BCUT2D eigenvalue weighted by Crippen LogP contribution is -2.46. The van der Waals surface area contributed by atoms with E-state index in [4.69, 9.17) is 11.6 Å². The molecule has 0 spiro atoms. The molecule has 2 nitrogen and oxygen atoms in total. The highest BCUT2D eigenvalue weighted by atomic mass is 35.5. The second-order valence-electron chi connectivity index (χ2n) is 4.96. The zero-order valence-corrected chi connectivity index (χ0v) is 11.4. The maximum atomic E-state index is 6.02. The highest BCUT2D eigenvalue weighted by molar-refractivity contribution is 6.30. The Bertz CT molecular complexity index is 367. The van der Waals surface area contributed by atoms with E-state index in [0.29, 0.717) is 12.1 Å². The first kappa shape index (κ1) is 12.9. The first-order valence-corrected chi connectivity index (χ1v) is 6.72. The molecule has 1 N–H and O–H groups in total. The van der Waals surface area contributed by atoms with Gasteiger partial charge < -0.3 is 5.32 Å². The standard InChI is InChI=1S/C14H21ClN2/c1-11-8-14(16-2)6-7-17(11)10-12-4-3-5-13(15)9-12/h3-5,9,11,14,16H,6-8,10H2,1-2H3. The molecule has 1 heterocycles. The molecule has 1 fully saturated rings. The molecular formula is C14H21ClN2. The van der Waals surface area contributed by atoms with Crippen LogP contribution >= 0.6 is 11.6 Å². The van der Waals surface area contributed by atoms with Crippen molar-refractivity contribution in [1.82, 2.24) is 10.2 Å². The molecule has 0 aliphatic carbocycles. The molecule has 1 aromatic rings. The normalized spacial score (nSPS) is 26.1. The molecule has 0 saturated carbocycles. The summed E-state index contributed by atoms with van der Waals surface area (Å²) in [5.74, 6) is 0. The Hall–Kier alpha value is -0.570. The van der Waals surface area contributed by atoms with E-state index in [9.17, 15) is 0 Å². The van der Waals surface area contributed by atoms with Gasteiger partial charge in [0.2, 0.25) is 0 Å². The number of nitrogens with one attached hydrogen (secondary N) is 1. The van der Waals surface area contributed by atoms with Gasteiger partial charge in [-0.25, -0.2) is 0 Å². The number of rotatable bonds is 3. The minimum absolute atomic E-state index is 0.639. The van der Waals surface area contributed by atoms with Gasteiger partial charge in [0.25, 0.3) is 0 Å². The summed E-state index contributed by atoms with van der Waals surface area (Å²) in [6.07, 6.45) is 2.47. The second-order valence-corrected chi connectivity index (χ2v) is 5.40. The number of hydrogen-bond donors (Lipinski definition) is 1. The van der Waals surface area contributed by atoms with Crippen LogP contribution < -0.4 is 5.32 Å². The number of likely N-dealkylation sites (tertiary alicyclic amines) is 1. The molecule has 2 rings (SSSR count). The van der Waals surface area contributed by atoms with E-state index < -0.39 is 0 Å². The molecule has 94 valence electrons. The van der Waals surface area contributed by atoms with Crippen LogP contribution in [0.3, 0.4) is 0 Å². The molecule has 0 bridgehead atoms. The second kappa shape index (κ2) is 5.85. The van der Waals surface area contributed by atoms with E-state index >= 15 is 0 Å². The lowest BCUT2D eigenvalue weighted by Gasteiger charge is -2.37. The number of piperidine rings is 1. The van der Waals surface area contributed by atoms with Crippen LogP contribution in [0.1, 0.15) is 25.3 Å². The topological polar surface area (TPSA) is 15.3 Å². The van der Waals surface area contributed by atoms with Crippen LogP contribution in [-0.2, 0) is 6.54 Å². The predicted octanol–water partition coefficient (Wildman–Crippen LogP) is 2.91. The molecule has 1 aromatic carbocycles. The van der Waals surface area contributed by atoms with Crippen molar-refractivity contribution in [3.8, 4) is 0 Å². The SMILES string of the molecule is CNC1CCN(Cc2cccc(Cl)c2)C(C)C1. The van der Waals surface area contributed by atoms with Crippen molar-refractivity contribution in [3.05, 3.63) is 34.9 Å². The van der Waals surface area contributed by atoms with Crippen molar-refractivity contribution in [2.75, 3.05) is 13.6 Å². The van der Waals surface area contributed by atoms with E-state index in [1.54, 1.807) is 0 Å². The Kier molecular flexibility index (Phi) is 4.43. The van der Waals surface area contributed by atoms with Crippen LogP contribution in [0.4, 0.5) is 0 Å². The van der Waals surface area contributed by atoms with Crippen molar-refractivity contribution in [1.29, 1.82) is 0 Å². The third-order valence-electron chi connectivity index (χ3n) is 3.70. The summed E-state index contributed by atoms with van der Waals surface area (Å²) in [6, 6.07) is 9.51. The molecular weight excluding hydrogens is 232 g/mol. The molecule has 1 saturated heterocycles. The largest absolute Gasteiger partial charge is 0.317 e. The molecule has 17 heavy (non-hydrogen) atoms. The third-order valence-corrected chi connectivity index (χ3v) is 3.93. The van der Waals surface area contributed by atoms with Gasteiger partial charge in [0.05, 0.1) is 0 Å². The van der Waals surface area contributed by atoms with Gasteiger partial charge in [-0.15, -0.1) is 0 Å². The molecule has 3 heteroatoms. The average molecular weight is 253 g/mol. The van der Waals surface area contributed by atoms with Gasteiger partial charge in [0, 0.05) is 30.2 Å². The number of nitrogens with zero attached hydrogens (tertiary/aromatic N) is 1. The zero-order chi connectivity index (χ0) is 12.3. The Labute approximate surface area is 109 Å². The highest BCUT2D eigenvalue weighted by Gasteiger charge is 2.24. The monoisotopic (exact) mass is 252 g/mol. The van der Waals surface area contributed by atoms with Gasteiger partial charge in [0.1, 0.15) is 0 Å². The van der Waals surface area contributed by atoms with Gasteiger partial charge in [-0.2, -0.15) is 0 Å². The van der Waals surface area contributed by atoms with Crippen molar-refractivity contribution < 1.29 is 0 Å². The maximum absolute atomic E-state index is 6.02. The summed E-state index contributed by atoms with van der Waals surface area (Å²) in [5.41, 5.74) is 1.31. The van der Waals surface area contributed by atoms with E-state index in [1.165, 1.54) is 24.9 Å². The summed E-state index contributed by atoms with van der Waals surface area (Å²) in [6.45, 7) is 4.49. The molecule has 0 amide bonds. The van der Waals surface area contributed by atoms with Gasteiger partial charge in [-0.1, -0.05) is 23.7 Å². The van der Waals surface area contributed by atoms with Crippen LogP contribution in [0.5, 0.6) is 0 Å². The number of hydrogen-bond acceptors (Lipinski definition) is 2. The molecule has 2 atom stereocenters. The van der Waals surface area contributed by atoms with Gasteiger partial charge in [-0.3, -0.25) is 4.90 Å². The van der Waals surface area contributed by atoms with Crippen LogP contribution in [0.25, 0.3) is 0 Å². The van der Waals surface area contributed by atoms with Crippen LogP contribution in [0, 0.1) is 0 Å². The molecule has 0 aromatic heterocycles. The Morgan fingerprint density at radius 3 is 2.94 bits per heavy atom. The third kappa shape index (κ3) is 3.44. The average Bonchev–Trinajstić information content (AvgIpc) is 2.32. The summed E-state index contributed by atoms with van der Waals surface area (Å²) >= 11 is 6.02. The maximum Gasteiger partial charge on any atom is 0.0409 e. The summed E-state index contributed by atoms with van der Waals surface area (Å²) in [5, 5.41) is 4.21. The summed E-state index contributed by atoms with van der Waals surface area (Å²) in [4.78, 5) is 2.54. The first-order valence-electron chi connectivity index (χ1n) is 6.35. The highest BCUT2D eigenvalue weighted by Crippen LogP contribution is 2.20. The van der Waals surface area contributed by atoms with Gasteiger partial charge >= 0.3 is 0 Å². The van der Waals surface area contributed by atoms with Crippen molar-refractivity contribution in [2.45, 2.75) is 38.4 Å². The first-order chi connectivity index (χ1) is 8.19. The number of benzene rings is 1. The zero-order valence-electron chi connectivity index (χ0n) is 10.6. The van der Waals surface area contributed by atoms with E-state index in [2.05, 4.69) is 36.3 Å².